The normalized spacial score (nSPS) is 17.9. The zero-order valence-electron chi connectivity index (χ0n) is 12.9. The third-order valence-electron chi connectivity index (χ3n) is 4.06. The molecule has 1 saturated heterocycles. The molecular formula is C15H20FN3O4. The molecule has 1 fully saturated rings. The zero-order chi connectivity index (χ0) is 17.0. The van der Waals surface area contributed by atoms with Crippen molar-refractivity contribution >= 4 is 17.9 Å². The molecule has 1 aromatic rings. The second kappa shape index (κ2) is 7.17. The number of para-hydroxylation sites is 1. The van der Waals surface area contributed by atoms with Crippen molar-refractivity contribution in [2.24, 2.45) is 0 Å². The maximum atomic E-state index is 13.7. The first-order valence-electron chi connectivity index (χ1n) is 7.33. The summed E-state index contributed by atoms with van der Waals surface area (Å²) in [5.41, 5.74) is 0.431. The molecule has 8 heteroatoms. The van der Waals surface area contributed by atoms with E-state index in [1.165, 1.54) is 15.9 Å². The van der Waals surface area contributed by atoms with Gasteiger partial charge in [0.25, 0.3) is 0 Å². The molecule has 2 N–H and O–H groups in total. The molecule has 1 heterocycles. The molecule has 0 saturated carbocycles. The van der Waals surface area contributed by atoms with Crippen molar-refractivity contribution in [2.75, 3.05) is 38.1 Å². The molecule has 0 spiro atoms. The maximum Gasteiger partial charge on any atom is 0.407 e. The number of hydrogen-bond donors (Lipinski definition) is 2. The van der Waals surface area contributed by atoms with Crippen molar-refractivity contribution in [1.29, 1.82) is 0 Å². The van der Waals surface area contributed by atoms with E-state index in [1.54, 1.807) is 30.1 Å². The summed E-state index contributed by atoms with van der Waals surface area (Å²) in [6, 6.07) is 5.90. The number of hydrogen-bond acceptors (Lipinski definition) is 3. The molecule has 0 aliphatic carbocycles. The lowest BCUT2D eigenvalue weighted by atomic mass is 10.1. The fraction of sp³-hybridized carbons (Fsp3) is 0.467. The summed E-state index contributed by atoms with van der Waals surface area (Å²) in [6.07, 6.45) is -1.70. The summed E-state index contributed by atoms with van der Waals surface area (Å²) in [5, 5.41) is 18.3. The van der Waals surface area contributed by atoms with Gasteiger partial charge in [-0.25, -0.2) is 14.0 Å². The Bertz CT molecular complexity index is 584. The van der Waals surface area contributed by atoms with Crippen LogP contribution in [0.25, 0.3) is 0 Å². The summed E-state index contributed by atoms with van der Waals surface area (Å²) >= 11 is 0. The molecule has 126 valence electrons. The standard InChI is InChI=1S/C15H20FN3O4/c1-17(13-5-3-2-4-12(13)16)7-6-11-10-18(14(20)21)8-9-19(11)15(22)23/h2-5,11H,6-10H2,1H3,(H,20,21)(H,22,23)/t11-/m1/s1. The monoisotopic (exact) mass is 325 g/mol. The Morgan fingerprint density at radius 2 is 1.96 bits per heavy atom. The first-order valence-corrected chi connectivity index (χ1v) is 7.33. The Morgan fingerprint density at radius 1 is 1.26 bits per heavy atom. The first kappa shape index (κ1) is 16.9. The number of halogens is 1. The van der Waals surface area contributed by atoms with Gasteiger partial charge in [-0.1, -0.05) is 12.1 Å². The number of carbonyl (C=O) groups is 2. The van der Waals surface area contributed by atoms with Gasteiger partial charge in [0.15, 0.2) is 0 Å². The SMILES string of the molecule is CN(CC[C@@H]1CN(C(=O)O)CCN1C(=O)O)c1ccccc1F. The molecule has 0 bridgehead atoms. The van der Waals surface area contributed by atoms with Gasteiger partial charge in [0.05, 0.1) is 11.7 Å². The molecule has 1 atom stereocenters. The van der Waals surface area contributed by atoms with Gasteiger partial charge in [0, 0.05) is 33.2 Å². The Morgan fingerprint density at radius 3 is 2.57 bits per heavy atom. The van der Waals surface area contributed by atoms with E-state index in [0.29, 0.717) is 18.7 Å². The van der Waals surface area contributed by atoms with Crippen molar-refractivity contribution < 1.29 is 24.2 Å². The maximum absolute atomic E-state index is 13.7. The lowest BCUT2D eigenvalue weighted by Gasteiger charge is -2.39. The average molecular weight is 325 g/mol. The van der Waals surface area contributed by atoms with Gasteiger partial charge in [-0.15, -0.1) is 0 Å². The minimum absolute atomic E-state index is 0.132. The number of benzene rings is 1. The van der Waals surface area contributed by atoms with E-state index in [1.807, 2.05) is 0 Å². The highest BCUT2D eigenvalue weighted by molar-refractivity contribution is 5.68. The quantitative estimate of drug-likeness (QED) is 0.884. The van der Waals surface area contributed by atoms with Crippen molar-refractivity contribution in [2.45, 2.75) is 12.5 Å². The highest BCUT2D eigenvalue weighted by atomic mass is 19.1. The molecule has 1 aliphatic heterocycles. The summed E-state index contributed by atoms with van der Waals surface area (Å²) < 4.78 is 13.7. The van der Waals surface area contributed by atoms with Crippen molar-refractivity contribution in [3.05, 3.63) is 30.1 Å². The lowest BCUT2D eigenvalue weighted by molar-refractivity contribution is 0.0617. The van der Waals surface area contributed by atoms with Crippen LogP contribution in [-0.4, -0.2) is 71.5 Å². The second-order valence-electron chi connectivity index (χ2n) is 5.52. The van der Waals surface area contributed by atoms with Crippen LogP contribution in [-0.2, 0) is 0 Å². The summed E-state index contributed by atoms with van der Waals surface area (Å²) in [7, 11) is 1.72. The molecule has 0 unspecified atom stereocenters. The van der Waals surface area contributed by atoms with Gasteiger partial charge in [-0.3, -0.25) is 0 Å². The van der Waals surface area contributed by atoms with Crippen LogP contribution in [0.1, 0.15) is 6.42 Å². The first-order chi connectivity index (χ1) is 10.9. The third-order valence-corrected chi connectivity index (χ3v) is 4.06. The van der Waals surface area contributed by atoms with E-state index in [9.17, 15) is 19.1 Å². The van der Waals surface area contributed by atoms with Crippen molar-refractivity contribution in [1.82, 2.24) is 9.80 Å². The number of nitrogens with zero attached hydrogens (tertiary/aromatic N) is 3. The van der Waals surface area contributed by atoms with Gasteiger partial charge in [-0.2, -0.15) is 0 Å². The molecule has 0 radical (unpaired) electrons. The predicted molar refractivity (Wildman–Crippen MR) is 82.4 cm³/mol. The van der Waals surface area contributed by atoms with Crippen molar-refractivity contribution in [3.8, 4) is 0 Å². The van der Waals surface area contributed by atoms with E-state index in [-0.39, 0.29) is 25.5 Å². The third kappa shape index (κ3) is 4.02. The van der Waals surface area contributed by atoms with Crippen LogP contribution in [0.5, 0.6) is 0 Å². The molecule has 1 aliphatic rings. The van der Waals surface area contributed by atoms with Crippen LogP contribution in [0.4, 0.5) is 19.7 Å². The molecule has 0 aromatic heterocycles. The van der Waals surface area contributed by atoms with E-state index in [0.717, 1.165) is 0 Å². The molecule has 1 aromatic carbocycles. The van der Waals surface area contributed by atoms with Crippen LogP contribution < -0.4 is 4.90 Å². The van der Waals surface area contributed by atoms with Crippen LogP contribution in [0.15, 0.2) is 24.3 Å². The topological polar surface area (TPSA) is 84.3 Å². The summed E-state index contributed by atoms with van der Waals surface area (Å²) in [4.78, 5) is 26.6. The van der Waals surface area contributed by atoms with Gasteiger partial charge in [-0.05, 0) is 18.6 Å². The Kier molecular flexibility index (Phi) is 5.25. The van der Waals surface area contributed by atoms with Gasteiger partial charge in [0.2, 0.25) is 0 Å². The number of piperazine rings is 1. The molecule has 2 amide bonds. The van der Waals surface area contributed by atoms with Gasteiger partial charge < -0.3 is 24.9 Å². The van der Waals surface area contributed by atoms with Crippen LogP contribution in [0.3, 0.4) is 0 Å². The predicted octanol–water partition coefficient (Wildman–Crippen LogP) is 1.99. The van der Waals surface area contributed by atoms with E-state index in [4.69, 9.17) is 5.11 Å². The summed E-state index contributed by atoms with van der Waals surface area (Å²) in [6.45, 7) is 0.868. The molecule has 2 rings (SSSR count). The number of carboxylic acid groups (broad SMARTS) is 2. The summed E-state index contributed by atoms with van der Waals surface area (Å²) in [5.74, 6) is -0.346. The largest absolute Gasteiger partial charge is 0.465 e. The number of amides is 2. The minimum atomic E-state index is -1.06. The Balaban J connectivity index is 2.01. The minimum Gasteiger partial charge on any atom is -0.465 e. The Labute approximate surface area is 133 Å². The fourth-order valence-corrected chi connectivity index (χ4v) is 2.75. The average Bonchev–Trinajstić information content (AvgIpc) is 2.52. The molecule has 7 nitrogen and oxygen atoms in total. The fourth-order valence-electron chi connectivity index (χ4n) is 2.75. The van der Waals surface area contributed by atoms with E-state index >= 15 is 0 Å². The number of anilines is 1. The Hall–Kier alpha value is -2.51. The van der Waals surface area contributed by atoms with E-state index in [2.05, 4.69) is 0 Å². The smallest absolute Gasteiger partial charge is 0.407 e. The zero-order valence-corrected chi connectivity index (χ0v) is 12.9. The highest BCUT2D eigenvalue weighted by Crippen LogP contribution is 2.19. The highest BCUT2D eigenvalue weighted by Gasteiger charge is 2.32. The van der Waals surface area contributed by atoms with Crippen LogP contribution in [0, 0.1) is 5.82 Å². The van der Waals surface area contributed by atoms with E-state index < -0.39 is 18.2 Å². The molecular weight excluding hydrogens is 305 g/mol. The number of rotatable bonds is 4. The van der Waals surface area contributed by atoms with Crippen molar-refractivity contribution in [3.63, 3.8) is 0 Å². The second-order valence-corrected chi connectivity index (χ2v) is 5.52. The lowest BCUT2D eigenvalue weighted by Crippen LogP contribution is -2.56. The molecule has 23 heavy (non-hydrogen) atoms. The van der Waals surface area contributed by atoms with Crippen LogP contribution >= 0.6 is 0 Å². The van der Waals surface area contributed by atoms with Gasteiger partial charge >= 0.3 is 12.2 Å². The van der Waals surface area contributed by atoms with Crippen LogP contribution in [0.2, 0.25) is 0 Å². The van der Waals surface area contributed by atoms with Gasteiger partial charge in [0.1, 0.15) is 5.82 Å².